The van der Waals surface area contributed by atoms with Gasteiger partial charge in [-0.15, -0.1) is 0 Å². The van der Waals surface area contributed by atoms with Crippen molar-refractivity contribution in [2.75, 3.05) is 0 Å². The summed E-state index contributed by atoms with van der Waals surface area (Å²) >= 11 is 0. The fraction of sp³-hybridized carbons (Fsp3) is 0.300. The molecule has 1 saturated carbocycles. The van der Waals surface area contributed by atoms with Gasteiger partial charge in [-0.25, -0.2) is 0 Å². The van der Waals surface area contributed by atoms with Gasteiger partial charge >= 0.3 is 11.9 Å². The Morgan fingerprint density at radius 3 is 2.60 bits per heavy atom. The van der Waals surface area contributed by atoms with Gasteiger partial charge in [0, 0.05) is 25.8 Å². The zero-order valence-electron chi connectivity index (χ0n) is 14.0. The molecule has 3 fully saturated rings. The van der Waals surface area contributed by atoms with E-state index in [9.17, 15) is 9.59 Å². The van der Waals surface area contributed by atoms with Crippen LogP contribution in [0.4, 0.5) is 0 Å². The summed E-state index contributed by atoms with van der Waals surface area (Å²) in [6.07, 6.45) is 2.39. The molecule has 0 amide bonds. The van der Waals surface area contributed by atoms with Crippen molar-refractivity contribution >= 4 is 18.0 Å². The SMILES string of the molecule is CC(=O)Oc1ccccccc2c(c1)C=C1CC3OC1C23OC(C)=O. The molecule has 5 nitrogen and oxygen atoms in total. The lowest BCUT2D eigenvalue weighted by molar-refractivity contribution is -0.266. The second kappa shape index (κ2) is 5.70. The van der Waals surface area contributed by atoms with E-state index in [4.69, 9.17) is 14.2 Å². The molecule has 3 atom stereocenters. The average molecular weight is 338 g/mol. The summed E-state index contributed by atoms with van der Waals surface area (Å²) in [4.78, 5) is 23.2. The predicted molar refractivity (Wildman–Crippen MR) is 90.1 cm³/mol. The molecule has 1 aromatic carbocycles. The summed E-state index contributed by atoms with van der Waals surface area (Å²) in [5.74, 6) is -0.286. The van der Waals surface area contributed by atoms with E-state index in [-0.39, 0.29) is 24.1 Å². The Bertz CT molecular complexity index is 855. The average Bonchev–Trinajstić information content (AvgIpc) is 3.04. The van der Waals surface area contributed by atoms with Crippen LogP contribution in [0.1, 0.15) is 31.4 Å². The van der Waals surface area contributed by atoms with Crippen LogP contribution in [0.5, 0.6) is 5.75 Å². The van der Waals surface area contributed by atoms with E-state index in [1.165, 1.54) is 13.8 Å². The molecular formula is C20H18O5. The molecule has 0 N–H and O–H groups in total. The lowest BCUT2D eigenvalue weighted by Gasteiger charge is -2.49. The quantitative estimate of drug-likeness (QED) is 0.776. The molecule has 25 heavy (non-hydrogen) atoms. The molecule has 2 saturated heterocycles. The fourth-order valence-corrected chi connectivity index (χ4v) is 3.92. The van der Waals surface area contributed by atoms with Gasteiger partial charge in [0.05, 0.1) is 0 Å². The second-order valence-electron chi connectivity index (χ2n) is 6.43. The predicted octanol–water partition coefficient (Wildman–Crippen LogP) is 3.06. The van der Waals surface area contributed by atoms with Crippen molar-refractivity contribution in [3.8, 4) is 5.75 Å². The van der Waals surface area contributed by atoms with Gasteiger partial charge in [0.1, 0.15) is 18.0 Å². The molecule has 5 heteroatoms. The van der Waals surface area contributed by atoms with E-state index in [0.717, 1.165) is 23.1 Å². The number of rotatable bonds is 2. The van der Waals surface area contributed by atoms with Crippen molar-refractivity contribution in [1.82, 2.24) is 0 Å². The van der Waals surface area contributed by atoms with Gasteiger partial charge in [0.25, 0.3) is 0 Å². The van der Waals surface area contributed by atoms with Crippen LogP contribution in [-0.2, 0) is 24.7 Å². The minimum atomic E-state index is -0.781. The van der Waals surface area contributed by atoms with E-state index in [1.54, 1.807) is 18.2 Å². The van der Waals surface area contributed by atoms with Gasteiger partial charge in [-0.05, 0) is 23.3 Å². The van der Waals surface area contributed by atoms with Crippen LogP contribution < -0.4 is 4.74 Å². The summed E-state index contributed by atoms with van der Waals surface area (Å²) < 4.78 is 16.9. The smallest absolute Gasteiger partial charge is 0.308 e. The summed E-state index contributed by atoms with van der Waals surface area (Å²) in [5.41, 5.74) is 2.06. The highest BCUT2D eigenvalue weighted by Crippen LogP contribution is 2.61. The maximum absolute atomic E-state index is 11.8. The van der Waals surface area contributed by atoms with Crippen LogP contribution in [0, 0.1) is 0 Å². The first kappa shape index (κ1) is 15.8. The van der Waals surface area contributed by atoms with Crippen molar-refractivity contribution in [1.29, 1.82) is 0 Å². The Morgan fingerprint density at radius 2 is 1.88 bits per heavy atom. The van der Waals surface area contributed by atoms with Crippen LogP contribution in [0.2, 0.25) is 0 Å². The fourth-order valence-electron chi connectivity index (χ4n) is 3.92. The molecule has 1 aromatic rings. The largest absolute Gasteiger partial charge is 0.448 e. The molecule has 2 heterocycles. The van der Waals surface area contributed by atoms with Crippen LogP contribution in [-0.4, -0.2) is 24.1 Å². The third-order valence-electron chi connectivity index (χ3n) is 4.73. The molecule has 2 aliphatic heterocycles. The highest BCUT2D eigenvalue weighted by atomic mass is 16.6. The van der Waals surface area contributed by atoms with E-state index in [1.807, 2.05) is 30.3 Å². The first-order valence-electron chi connectivity index (χ1n) is 8.22. The molecule has 2 aliphatic carbocycles. The molecule has 0 spiro atoms. The number of ether oxygens (including phenoxy) is 3. The normalized spacial score (nSPS) is 27.2. The van der Waals surface area contributed by atoms with Crippen LogP contribution in [0.15, 0.2) is 48.0 Å². The molecule has 4 bridgehead atoms. The number of esters is 2. The van der Waals surface area contributed by atoms with E-state index >= 15 is 0 Å². The van der Waals surface area contributed by atoms with Gasteiger partial charge in [0.2, 0.25) is 0 Å². The zero-order chi connectivity index (χ0) is 17.6. The molecule has 4 aliphatic rings. The molecule has 0 aromatic heterocycles. The van der Waals surface area contributed by atoms with Crippen molar-refractivity contribution in [2.45, 2.75) is 38.1 Å². The van der Waals surface area contributed by atoms with Crippen LogP contribution in [0.25, 0.3) is 6.08 Å². The maximum Gasteiger partial charge on any atom is 0.308 e. The van der Waals surface area contributed by atoms with Gasteiger partial charge in [-0.1, -0.05) is 36.4 Å². The standard InChI is InChI=1S/C20H18O5/c1-12(21)23-16-7-5-3-4-6-8-17-14(10-16)9-15-11-18-20(17,19(15)24-18)25-13(2)22/h3-10,18-19H,11H2,1-2H3. The van der Waals surface area contributed by atoms with Crippen molar-refractivity contribution in [2.24, 2.45) is 0 Å². The van der Waals surface area contributed by atoms with Crippen LogP contribution >= 0.6 is 0 Å². The van der Waals surface area contributed by atoms with Gasteiger partial charge < -0.3 is 14.2 Å². The molecule has 5 rings (SSSR count). The van der Waals surface area contributed by atoms with Crippen molar-refractivity contribution in [3.63, 3.8) is 0 Å². The summed E-state index contributed by atoms with van der Waals surface area (Å²) in [7, 11) is 0. The molecule has 0 radical (unpaired) electrons. The Hall–Kier alpha value is -2.66. The molecule has 128 valence electrons. The summed E-state index contributed by atoms with van der Waals surface area (Å²) in [5, 5.41) is 0. The van der Waals surface area contributed by atoms with E-state index in [2.05, 4.69) is 0 Å². The van der Waals surface area contributed by atoms with Gasteiger partial charge in [-0.2, -0.15) is 0 Å². The van der Waals surface area contributed by atoms with Crippen molar-refractivity contribution < 1.29 is 23.8 Å². The number of hydrogen-bond acceptors (Lipinski definition) is 5. The number of fused-ring (bicyclic) bond motifs is 1. The number of carbonyl (C=O) groups excluding carboxylic acids is 2. The highest BCUT2D eigenvalue weighted by molar-refractivity contribution is 5.74. The number of hydrogen-bond donors (Lipinski definition) is 0. The number of carbonyl (C=O) groups is 2. The third kappa shape index (κ3) is 2.43. The Labute approximate surface area is 145 Å². The van der Waals surface area contributed by atoms with Crippen LogP contribution in [0.3, 0.4) is 0 Å². The topological polar surface area (TPSA) is 61.8 Å². The molecular weight excluding hydrogens is 320 g/mol. The third-order valence-corrected chi connectivity index (χ3v) is 4.73. The van der Waals surface area contributed by atoms with Crippen molar-refractivity contribution in [3.05, 3.63) is 59.2 Å². The van der Waals surface area contributed by atoms with E-state index < -0.39 is 5.60 Å². The zero-order valence-corrected chi connectivity index (χ0v) is 14.0. The van der Waals surface area contributed by atoms with Gasteiger partial charge in [0.15, 0.2) is 5.60 Å². The minimum Gasteiger partial charge on any atom is -0.448 e. The summed E-state index contributed by atoms with van der Waals surface area (Å²) in [6.45, 7) is 2.78. The van der Waals surface area contributed by atoms with Gasteiger partial charge in [-0.3, -0.25) is 9.59 Å². The molecule has 3 unspecified atom stereocenters. The lowest BCUT2D eigenvalue weighted by Crippen LogP contribution is -2.60. The minimum absolute atomic E-state index is 0.169. The lowest BCUT2D eigenvalue weighted by atomic mass is 9.78. The Balaban J connectivity index is 1.95. The first-order chi connectivity index (χ1) is 12.0. The maximum atomic E-state index is 11.8. The Kier molecular flexibility index (Phi) is 3.62. The second-order valence-corrected chi connectivity index (χ2v) is 6.43. The monoisotopic (exact) mass is 338 g/mol. The summed E-state index contributed by atoms with van der Waals surface area (Å²) in [6, 6.07) is 12.9. The van der Waals surface area contributed by atoms with E-state index in [0.29, 0.717) is 5.75 Å². The first-order valence-corrected chi connectivity index (χ1v) is 8.22. The Morgan fingerprint density at radius 1 is 1.12 bits per heavy atom. The highest BCUT2D eigenvalue weighted by Gasteiger charge is 2.69.